The number of halogens is 1. The molecule has 0 bridgehead atoms. The number of hydrogen-bond acceptors (Lipinski definition) is 5. The minimum atomic E-state index is 0.110. The molecule has 3 heterocycles. The minimum absolute atomic E-state index is 0.110. The molecular formula is C15H23ClN6O. The van der Waals surface area contributed by atoms with Gasteiger partial charge in [-0.2, -0.15) is 10.2 Å². The molecule has 1 aliphatic heterocycles. The van der Waals surface area contributed by atoms with E-state index in [0.29, 0.717) is 11.8 Å². The number of aryl methyl sites for hydroxylation is 4. The van der Waals surface area contributed by atoms with E-state index in [1.54, 1.807) is 4.68 Å². The van der Waals surface area contributed by atoms with E-state index < -0.39 is 0 Å². The van der Waals surface area contributed by atoms with E-state index in [1.807, 2.05) is 32.5 Å². The van der Waals surface area contributed by atoms with Crippen LogP contribution in [0.4, 0.5) is 0 Å². The lowest BCUT2D eigenvalue weighted by Gasteiger charge is -2.32. The van der Waals surface area contributed by atoms with Gasteiger partial charge in [0.25, 0.3) is 0 Å². The van der Waals surface area contributed by atoms with Crippen molar-refractivity contribution in [3.8, 4) is 0 Å². The predicted octanol–water partition coefficient (Wildman–Crippen LogP) is 1.49. The summed E-state index contributed by atoms with van der Waals surface area (Å²) in [6.07, 6.45) is 0.110. The summed E-state index contributed by atoms with van der Waals surface area (Å²) in [5, 5.41) is 9.52. The summed E-state index contributed by atoms with van der Waals surface area (Å²) in [5.41, 5.74) is 2.09. The van der Waals surface area contributed by atoms with Crippen LogP contribution in [0.2, 0.25) is 5.15 Å². The Labute approximate surface area is 141 Å². The summed E-state index contributed by atoms with van der Waals surface area (Å²) >= 11 is 6.34. The quantitative estimate of drug-likeness (QED) is 0.845. The molecule has 1 atom stereocenters. The maximum atomic E-state index is 6.34. The van der Waals surface area contributed by atoms with Crippen molar-refractivity contribution in [2.45, 2.75) is 40.0 Å². The molecule has 0 aromatic carbocycles. The van der Waals surface area contributed by atoms with Gasteiger partial charge in [0, 0.05) is 32.2 Å². The Hall–Kier alpha value is -1.44. The third-order valence-electron chi connectivity index (χ3n) is 4.21. The monoisotopic (exact) mass is 338 g/mol. The lowest BCUT2D eigenvalue weighted by atomic mass is 10.2. The Kier molecular flexibility index (Phi) is 4.70. The van der Waals surface area contributed by atoms with E-state index in [-0.39, 0.29) is 6.10 Å². The highest BCUT2D eigenvalue weighted by Crippen LogP contribution is 2.21. The second kappa shape index (κ2) is 6.59. The van der Waals surface area contributed by atoms with Gasteiger partial charge in [-0.3, -0.25) is 9.58 Å². The van der Waals surface area contributed by atoms with Crippen molar-refractivity contribution in [2.75, 3.05) is 19.7 Å². The molecule has 2 aromatic rings. The molecule has 2 aromatic heterocycles. The second-order valence-corrected chi connectivity index (χ2v) is 6.45. The molecule has 1 aliphatic rings. The summed E-state index contributed by atoms with van der Waals surface area (Å²) < 4.78 is 9.55. The largest absolute Gasteiger partial charge is 0.374 e. The zero-order valence-electron chi connectivity index (χ0n) is 14.1. The average molecular weight is 339 g/mol. The van der Waals surface area contributed by atoms with Crippen LogP contribution in [0.3, 0.4) is 0 Å². The first-order chi connectivity index (χ1) is 10.9. The molecule has 0 aliphatic carbocycles. The van der Waals surface area contributed by atoms with Gasteiger partial charge in [0.15, 0.2) is 0 Å². The van der Waals surface area contributed by atoms with E-state index >= 15 is 0 Å². The van der Waals surface area contributed by atoms with Crippen LogP contribution in [-0.4, -0.2) is 55.2 Å². The molecule has 7 nitrogen and oxygen atoms in total. The Morgan fingerprint density at radius 3 is 2.65 bits per heavy atom. The molecule has 0 unspecified atom stereocenters. The third kappa shape index (κ3) is 3.57. The van der Waals surface area contributed by atoms with Gasteiger partial charge in [0.1, 0.15) is 16.8 Å². The lowest BCUT2D eigenvalue weighted by molar-refractivity contribution is -0.0405. The van der Waals surface area contributed by atoms with Crippen LogP contribution >= 0.6 is 11.6 Å². The van der Waals surface area contributed by atoms with E-state index in [4.69, 9.17) is 16.3 Å². The molecule has 0 spiro atoms. The van der Waals surface area contributed by atoms with Gasteiger partial charge in [-0.25, -0.2) is 9.67 Å². The Morgan fingerprint density at radius 1 is 1.26 bits per heavy atom. The molecule has 8 heteroatoms. The molecule has 1 saturated heterocycles. The average Bonchev–Trinajstić information content (AvgIpc) is 2.93. The molecule has 126 valence electrons. The topological polar surface area (TPSA) is 61.0 Å². The van der Waals surface area contributed by atoms with E-state index in [1.165, 1.54) is 0 Å². The van der Waals surface area contributed by atoms with Crippen LogP contribution in [0.15, 0.2) is 0 Å². The standard InChI is InChI=1S/C15H23ClN6O/c1-10-14(15(16)20(4)18-10)9-21-5-6-23-13(7-21)8-22-12(3)17-11(2)19-22/h13H,5-9H2,1-4H3/t13-/m0/s1. The molecule has 0 radical (unpaired) electrons. The maximum absolute atomic E-state index is 6.34. The van der Waals surface area contributed by atoms with Crippen molar-refractivity contribution in [1.82, 2.24) is 29.4 Å². The molecule has 23 heavy (non-hydrogen) atoms. The van der Waals surface area contributed by atoms with Gasteiger partial charge >= 0.3 is 0 Å². The summed E-state index contributed by atoms with van der Waals surface area (Å²) in [6.45, 7) is 9.87. The fourth-order valence-electron chi connectivity index (χ4n) is 3.04. The van der Waals surface area contributed by atoms with Crippen molar-refractivity contribution in [1.29, 1.82) is 0 Å². The normalized spacial score (nSPS) is 19.4. The smallest absolute Gasteiger partial charge is 0.147 e. The highest BCUT2D eigenvalue weighted by molar-refractivity contribution is 6.30. The van der Waals surface area contributed by atoms with Gasteiger partial charge in [0.2, 0.25) is 0 Å². The van der Waals surface area contributed by atoms with Gasteiger partial charge in [-0.05, 0) is 20.8 Å². The zero-order valence-corrected chi connectivity index (χ0v) is 14.8. The molecule has 3 rings (SSSR count). The fourth-order valence-corrected chi connectivity index (χ4v) is 3.27. The molecule has 0 N–H and O–H groups in total. The van der Waals surface area contributed by atoms with Crippen molar-refractivity contribution in [3.63, 3.8) is 0 Å². The van der Waals surface area contributed by atoms with Gasteiger partial charge in [0.05, 0.1) is 24.9 Å². The highest BCUT2D eigenvalue weighted by Gasteiger charge is 2.24. The van der Waals surface area contributed by atoms with Crippen LogP contribution in [0.25, 0.3) is 0 Å². The summed E-state index contributed by atoms with van der Waals surface area (Å²) in [7, 11) is 1.87. The van der Waals surface area contributed by atoms with Crippen LogP contribution in [0.5, 0.6) is 0 Å². The molecule has 1 fully saturated rings. The maximum Gasteiger partial charge on any atom is 0.147 e. The number of morpholine rings is 1. The molecule has 0 amide bonds. The minimum Gasteiger partial charge on any atom is -0.374 e. The van der Waals surface area contributed by atoms with E-state index in [0.717, 1.165) is 49.1 Å². The van der Waals surface area contributed by atoms with Gasteiger partial charge in [-0.15, -0.1) is 0 Å². The number of rotatable bonds is 4. The van der Waals surface area contributed by atoms with E-state index in [9.17, 15) is 0 Å². The summed E-state index contributed by atoms with van der Waals surface area (Å²) in [4.78, 5) is 6.71. The zero-order chi connectivity index (χ0) is 16.6. The van der Waals surface area contributed by atoms with Crippen LogP contribution in [0, 0.1) is 20.8 Å². The third-order valence-corrected chi connectivity index (χ3v) is 4.69. The van der Waals surface area contributed by atoms with E-state index in [2.05, 4.69) is 20.1 Å². The van der Waals surface area contributed by atoms with Crippen molar-refractivity contribution in [3.05, 3.63) is 28.1 Å². The Bertz CT molecular complexity index is 694. The summed E-state index contributed by atoms with van der Waals surface area (Å²) in [6, 6.07) is 0. The summed E-state index contributed by atoms with van der Waals surface area (Å²) in [5.74, 6) is 1.72. The van der Waals surface area contributed by atoms with Gasteiger partial charge in [-0.1, -0.05) is 11.6 Å². The van der Waals surface area contributed by atoms with Crippen molar-refractivity contribution in [2.24, 2.45) is 7.05 Å². The first-order valence-electron chi connectivity index (χ1n) is 7.84. The molecular weight excluding hydrogens is 316 g/mol. The van der Waals surface area contributed by atoms with Crippen LogP contribution < -0.4 is 0 Å². The first-order valence-corrected chi connectivity index (χ1v) is 8.22. The SMILES string of the molecule is Cc1nc(C)n(C[C@@H]2CN(Cc3c(C)nn(C)c3Cl)CCO2)n1. The highest BCUT2D eigenvalue weighted by atomic mass is 35.5. The Balaban J connectivity index is 1.65. The van der Waals surface area contributed by atoms with Crippen molar-refractivity contribution >= 4 is 11.6 Å². The fraction of sp³-hybridized carbons (Fsp3) is 0.667. The predicted molar refractivity (Wildman–Crippen MR) is 87.5 cm³/mol. The van der Waals surface area contributed by atoms with Crippen LogP contribution in [0.1, 0.15) is 22.9 Å². The molecule has 0 saturated carbocycles. The second-order valence-electron chi connectivity index (χ2n) is 6.09. The first kappa shape index (κ1) is 16.4. The number of ether oxygens (including phenoxy) is 1. The van der Waals surface area contributed by atoms with Gasteiger partial charge < -0.3 is 4.74 Å². The lowest BCUT2D eigenvalue weighted by Crippen LogP contribution is -2.44. The number of aromatic nitrogens is 5. The Morgan fingerprint density at radius 2 is 2.04 bits per heavy atom. The number of nitrogens with zero attached hydrogens (tertiary/aromatic N) is 6. The van der Waals surface area contributed by atoms with Crippen molar-refractivity contribution < 1.29 is 4.74 Å². The van der Waals surface area contributed by atoms with Crippen LogP contribution in [-0.2, 0) is 24.9 Å². The number of hydrogen-bond donors (Lipinski definition) is 0.